The fraction of sp³-hybridized carbons (Fsp3) is 0.500. The van der Waals surface area contributed by atoms with Gasteiger partial charge in [-0.15, -0.1) is 5.73 Å². The monoisotopic (exact) mass is 317 g/mol. The van der Waals surface area contributed by atoms with Crippen LogP contribution in [0.1, 0.15) is 25.7 Å². The largest absolute Gasteiger partial charge is 0.462 e. The number of rotatable bonds is 11. The summed E-state index contributed by atoms with van der Waals surface area (Å²) >= 11 is 0. The molecule has 5 nitrogen and oxygen atoms in total. The van der Waals surface area contributed by atoms with E-state index in [1.54, 1.807) is 25.3 Å². The Labute approximate surface area is 137 Å². The zero-order valence-corrected chi connectivity index (χ0v) is 13.7. The van der Waals surface area contributed by atoms with E-state index in [1.165, 1.54) is 0 Å². The van der Waals surface area contributed by atoms with Crippen LogP contribution in [0.3, 0.4) is 0 Å². The first-order chi connectivity index (χ1) is 11.3. The first-order valence-electron chi connectivity index (χ1n) is 8.14. The van der Waals surface area contributed by atoms with Crippen LogP contribution in [0.4, 0.5) is 0 Å². The van der Waals surface area contributed by atoms with Gasteiger partial charge in [0.15, 0.2) is 0 Å². The zero-order valence-electron chi connectivity index (χ0n) is 13.7. The third-order valence-corrected chi connectivity index (χ3v) is 3.66. The van der Waals surface area contributed by atoms with Crippen molar-refractivity contribution in [2.45, 2.75) is 38.8 Å². The lowest BCUT2D eigenvalue weighted by molar-refractivity contribution is -0.696. The smallest absolute Gasteiger partial charge is 0.346 e. The van der Waals surface area contributed by atoms with Crippen LogP contribution in [0, 0.1) is 0 Å². The van der Waals surface area contributed by atoms with Crippen molar-refractivity contribution in [2.75, 3.05) is 20.3 Å². The van der Waals surface area contributed by atoms with Crippen LogP contribution in [0.25, 0.3) is 0 Å². The molecule has 23 heavy (non-hydrogen) atoms. The van der Waals surface area contributed by atoms with Gasteiger partial charge in [-0.25, -0.2) is 13.9 Å². The summed E-state index contributed by atoms with van der Waals surface area (Å²) in [5.74, 6) is -0.275. The summed E-state index contributed by atoms with van der Waals surface area (Å²) in [6.45, 7) is 3.12. The lowest BCUT2D eigenvalue weighted by Crippen LogP contribution is -2.31. The second-order valence-corrected chi connectivity index (χ2v) is 5.52. The molecule has 0 unspecified atom stereocenters. The van der Waals surface area contributed by atoms with E-state index in [0.717, 1.165) is 45.4 Å². The second-order valence-electron chi connectivity index (χ2n) is 5.52. The van der Waals surface area contributed by atoms with Gasteiger partial charge in [-0.2, -0.15) is 0 Å². The molecule has 1 aromatic heterocycles. The lowest BCUT2D eigenvalue weighted by Gasteiger charge is -2.03. The van der Waals surface area contributed by atoms with E-state index in [0.29, 0.717) is 12.2 Å². The van der Waals surface area contributed by atoms with Crippen LogP contribution in [-0.4, -0.2) is 30.9 Å². The maximum Gasteiger partial charge on any atom is 0.346 e. The Morgan fingerprint density at radius 3 is 2.91 bits per heavy atom. The van der Waals surface area contributed by atoms with Crippen molar-refractivity contribution in [3.05, 3.63) is 48.3 Å². The highest BCUT2D eigenvalue weighted by molar-refractivity contribution is 5.92. The number of carbonyl (C=O) groups excluding carboxylic acids is 1. The minimum absolute atomic E-state index is 0.275. The molecule has 0 saturated carbocycles. The molecule has 124 valence electrons. The Morgan fingerprint density at radius 1 is 1.26 bits per heavy atom. The van der Waals surface area contributed by atoms with Crippen LogP contribution >= 0.6 is 0 Å². The fourth-order valence-electron chi connectivity index (χ4n) is 2.35. The van der Waals surface area contributed by atoms with Gasteiger partial charge in [0.05, 0.1) is 19.8 Å². The number of allylic oxidation sites excluding steroid dienone is 1. The standard InChI is InChI=1S/C18H25N2O3/c1-22-15-13-20-12-11-19(16-20)10-6-2-3-7-14-23-18(21)17-8-4-5-9-17/h4-5,8,11-12,16H,2-3,6-7,10,13-15H2,1H3/q+1. The number of unbranched alkanes of at least 4 members (excludes halogenated alkanes) is 3. The zero-order chi connectivity index (χ0) is 16.3. The summed E-state index contributed by atoms with van der Waals surface area (Å²) in [6, 6.07) is 0. The number of nitrogens with zero attached hydrogens (tertiary/aromatic N) is 2. The Kier molecular flexibility index (Phi) is 7.37. The molecular weight excluding hydrogens is 292 g/mol. The van der Waals surface area contributed by atoms with E-state index in [1.807, 2.05) is 0 Å². The SMILES string of the molecule is COCCn1cc[n+](CCCCCCOC(=O)C2=C=CC=C2)c1. The minimum atomic E-state index is -0.275. The van der Waals surface area contributed by atoms with Crippen molar-refractivity contribution in [3.8, 4) is 0 Å². The van der Waals surface area contributed by atoms with E-state index in [2.05, 4.69) is 33.6 Å². The summed E-state index contributed by atoms with van der Waals surface area (Å²) < 4.78 is 14.6. The van der Waals surface area contributed by atoms with E-state index in [9.17, 15) is 4.79 Å². The molecule has 0 spiro atoms. The average Bonchev–Trinajstić information content (AvgIpc) is 3.23. The maximum atomic E-state index is 11.6. The molecule has 0 atom stereocenters. The third kappa shape index (κ3) is 6.27. The maximum absolute atomic E-state index is 11.6. The van der Waals surface area contributed by atoms with Gasteiger partial charge in [0.2, 0.25) is 6.33 Å². The molecule has 0 aromatic carbocycles. The van der Waals surface area contributed by atoms with E-state index in [4.69, 9.17) is 9.47 Å². The number of ether oxygens (including phenoxy) is 2. The van der Waals surface area contributed by atoms with Gasteiger partial charge in [-0.05, 0) is 37.8 Å². The van der Waals surface area contributed by atoms with Gasteiger partial charge in [-0.3, -0.25) is 0 Å². The van der Waals surface area contributed by atoms with Crippen LogP contribution in [0.2, 0.25) is 0 Å². The van der Waals surface area contributed by atoms with Gasteiger partial charge in [-0.1, -0.05) is 6.08 Å². The Morgan fingerprint density at radius 2 is 2.13 bits per heavy atom. The molecule has 0 bridgehead atoms. The number of aryl methyl sites for hydroxylation is 1. The number of aromatic nitrogens is 2. The highest BCUT2D eigenvalue weighted by atomic mass is 16.5. The molecule has 1 aliphatic rings. The fourth-order valence-corrected chi connectivity index (χ4v) is 2.35. The van der Waals surface area contributed by atoms with Crippen molar-refractivity contribution in [1.29, 1.82) is 0 Å². The highest BCUT2D eigenvalue weighted by Crippen LogP contribution is 2.06. The third-order valence-electron chi connectivity index (χ3n) is 3.66. The van der Waals surface area contributed by atoms with Gasteiger partial charge in [0.25, 0.3) is 0 Å². The van der Waals surface area contributed by atoms with Crippen molar-refractivity contribution >= 4 is 5.97 Å². The molecule has 1 heterocycles. The van der Waals surface area contributed by atoms with Gasteiger partial charge < -0.3 is 9.47 Å². The number of carbonyl (C=O) groups is 1. The van der Waals surface area contributed by atoms with Crippen molar-refractivity contribution in [2.24, 2.45) is 0 Å². The number of methoxy groups -OCH3 is 1. The van der Waals surface area contributed by atoms with Gasteiger partial charge in [0, 0.05) is 7.11 Å². The summed E-state index contributed by atoms with van der Waals surface area (Å²) in [5.41, 5.74) is 3.36. The predicted molar refractivity (Wildman–Crippen MR) is 86.7 cm³/mol. The Bertz CT molecular complexity index is 595. The molecule has 5 heteroatoms. The van der Waals surface area contributed by atoms with Crippen molar-refractivity contribution in [1.82, 2.24) is 4.57 Å². The Balaban J connectivity index is 1.49. The molecular formula is C18H25N2O3+. The molecule has 1 aliphatic carbocycles. The van der Waals surface area contributed by atoms with Crippen molar-refractivity contribution < 1.29 is 18.8 Å². The number of hydrogen-bond donors (Lipinski definition) is 0. The van der Waals surface area contributed by atoms with Crippen molar-refractivity contribution in [3.63, 3.8) is 0 Å². The number of imidazole rings is 1. The van der Waals surface area contributed by atoms with Crippen LogP contribution in [0.5, 0.6) is 0 Å². The first kappa shape index (κ1) is 17.3. The Hall–Kier alpha value is -2.10. The van der Waals surface area contributed by atoms with Crippen LogP contribution in [-0.2, 0) is 27.4 Å². The molecule has 0 radical (unpaired) electrons. The number of hydrogen-bond acceptors (Lipinski definition) is 3. The quantitative estimate of drug-likeness (QED) is 0.272. The molecule has 1 aromatic rings. The molecule has 2 rings (SSSR count). The van der Waals surface area contributed by atoms with Crippen LogP contribution in [0.15, 0.2) is 48.3 Å². The molecule has 0 amide bonds. The van der Waals surface area contributed by atoms with Gasteiger partial charge in [0.1, 0.15) is 24.5 Å². The lowest BCUT2D eigenvalue weighted by atomic mass is 10.2. The first-order valence-corrected chi connectivity index (χ1v) is 8.14. The summed E-state index contributed by atoms with van der Waals surface area (Å²) in [7, 11) is 1.72. The second kappa shape index (κ2) is 9.82. The highest BCUT2D eigenvalue weighted by Gasteiger charge is 2.08. The molecule has 0 N–H and O–H groups in total. The predicted octanol–water partition coefficient (Wildman–Crippen LogP) is 2.18. The molecule has 0 fully saturated rings. The van der Waals surface area contributed by atoms with E-state index in [-0.39, 0.29) is 5.97 Å². The summed E-state index contributed by atoms with van der Waals surface area (Å²) in [4.78, 5) is 11.6. The van der Waals surface area contributed by atoms with E-state index < -0.39 is 0 Å². The van der Waals surface area contributed by atoms with Crippen LogP contribution < -0.4 is 4.57 Å². The summed E-state index contributed by atoms with van der Waals surface area (Å²) in [5, 5.41) is 0. The topological polar surface area (TPSA) is 44.3 Å². The van der Waals surface area contributed by atoms with E-state index >= 15 is 0 Å². The normalized spacial score (nSPS) is 12.7. The molecule has 0 aliphatic heterocycles. The number of esters is 1. The molecule has 0 saturated heterocycles. The average molecular weight is 317 g/mol. The summed E-state index contributed by atoms with van der Waals surface area (Å²) in [6.07, 6.45) is 15.7. The minimum Gasteiger partial charge on any atom is -0.462 e. The van der Waals surface area contributed by atoms with Gasteiger partial charge >= 0.3 is 5.97 Å².